The molecule has 3 aromatic rings. The molecule has 0 radical (unpaired) electrons. The monoisotopic (exact) mass is 481 g/mol. The van der Waals surface area contributed by atoms with E-state index in [0.717, 1.165) is 35.7 Å². The van der Waals surface area contributed by atoms with Gasteiger partial charge in [0.2, 0.25) is 5.88 Å². The van der Waals surface area contributed by atoms with Crippen molar-refractivity contribution < 1.29 is 19.3 Å². The quantitative estimate of drug-likeness (QED) is 0.375. The zero-order chi connectivity index (χ0) is 25.4. The standard InChI is InChI=1S/C28H39N3O4/c1-7-17-30(18-23(32)20-34-28(3,4)5)19-26-21(2)29-31(22-11-9-8-10-12-22)27(26)35-25-15-13-24(33-6)14-16-25/h8-16,23,32H,7,17-20H2,1-6H3/t23-/m1/s1. The fourth-order valence-corrected chi connectivity index (χ4v) is 3.80. The molecule has 1 N–H and O–H groups in total. The number of nitrogens with zero attached hydrogens (tertiary/aromatic N) is 3. The highest BCUT2D eigenvalue weighted by molar-refractivity contribution is 5.44. The number of aliphatic hydroxyl groups excluding tert-OH is 1. The predicted octanol–water partition coefficient (Wildman–Crippen LogP) is 5.37. The third kappa shape index (κ3) is 7.82. The minimum atomic E-state index is -0.587. The molecular weight excluding hydrogens is 442 g/mol. The number of aryl methyl sites for hydroxylation is 1. The van der Waals surface area contributed by atoms with E-state index in [9.17, 15) is 5.11 Å². The van der Waals surface area contributed by atoms with E-state index in [1.807, 2.05) is 87.0 Å². The van der Waals surface area contributed by atoms with Crippen LogP contribution in [0.3, 0.4) is 0 Å². The van der Waals surface area contributed by atoms with Gasteiger partial charge in [0.15, 0.2) is 0 Å². The summed E-state index contributed by atoms with van der Waals surface area (Å²) < 4.78 is 19.4. The van der Waals surface area contributed by atoms with Gasteiger partial charge in [0.1, 0.15) is 11.5 Å². The Kier molecular flexibility index (Phi) is 9.32. The maximum atomic E-state index is 10.7. The molecule has 0 aliphatic carbocycles. The molecule has 0 unspecified atom stereocenters. The number of hydrogen-bond acceptors (Lipinski definition) is 6. The molecule has 0 saturated heterocycles. The van der Waals surface area contributed by atoms with Crippen LogP contribution in [0.4, 0.5) is 0 Å². The van der Waals surface area contributed by atoms with Gasteiger partial charge in [-0.1, -0.05) is 25.1 Å². The summed E-state index contributed by atoms with van der Waals surface area (Å²) in [7, 11) is 1.64. The largest absolute Gasteiger partial charge is 0.497 e. The van der Waals surface area contributed by atoms with E-state index in [4.69, 9.17) is 19.3 Å². The van der Waals surface area contributed by atoms with Crippen LogP contribution in [0.25, 0.3) is 5.69 Å². The van der Waals surface area contributed by atoms with Gasteiger partial charge in [0.25, 0.3) is 0 Å². The molecule has 1 heterocycles. The van der Waals surface area contributed by atoms with E-state index in [-0.39, 0.29) is 5.60 Å². The van der Waals surface area contributed by atoms with Gasteiger partial charge in [-0.05, 0) is 77.1 Å². The van der Waals surface area contributed by atoms with Crippen LogP contribution in [0.1, 0.15) is 45.4 Å². The third-order valence-electron chi connectivity index (χ3n) is 5.51. The number of methoxy groups -OCH3 is 1. The van der Waals surface area contributed by atoms with Gasteiger partial charge in [-0.25, -0.2) is 4.68 Å². The first-order valence-corrected chi connectivity index (χ1v) is 12.2. The van der Waals surface area contributed by atoms with Gasteiger partial charge in [0, 0.05) is 13.1 Å². The Morgan fingerprint density at radius 3 is 2.29 bits per heavy atom. The van der Waals surface area contributed by atoms with Crippen molar-refractivity contribution in [3.63, 3.8) is 0 Å². The minimum Gasteiger partial charge on any atom is -0.497 e. The molecule has 1 atom stereocenters. The van der Waals surface area contributed by atoms with Gasteiger partial charge < -0.3 is 19.3 Å². The highest BCUT2D eigenvalue weighted by Gasteiger charge is 2.23. The van der Waals surface area contributed by atoms with Crippen molar-refractivity contribution in [1.29, 1.82) is 0 Å². The lowest BCUT2D eigenvalue weighted by Crippen LogP contribution is -2.37. The molecule has 0 spiro atoms. The van der Waals surface area contributed by atoms with E-state index < -0.39 is 6.10 Å². The average Bonchev–Trinajstić information content (AvgIpc) is 3.13. The van der Waals surface area contributed by atoms with Crippen molar-refractivity contribution >= 4 is 0 Å². The molecule has 0 bridgehead atoms. The Hall–Kier alpha value is -2.87. The van der Waals surface area contributed by atoms with Gasteiger partial charge in [-0.2, -0.15) is 5.10 Å². The van der Waals surface area contributed by atoms with Crippen LogP contribution in [0.15, 0.2) is 54.6 Å². The number of aliphatic hydroxyl groups is 1. The summed E-state index contributed by atoms with van der Waals surface area (Å²) in [6.45, 7) is 12.4. The summed E-state index contributed by atoms with van der Waals surface area (Å²) in [5, 5.41) is 15.5. The molecule has 0 aliphatic heterocycles. The fourth-order valence-electron chi connectivity index (χ4n) is 3.80. The summed E-state index contributed by atoms with van der Waals surface area (Å²) in [5.41, 5.74) is 2.51. The Balaban J connectivity index is 1.90. The lowest BCUT2D eigenvalue weighted by Gasteiger charge is -2.27. The Morgan fingerprint density at radius 1 is 1.03 bits per heavy atom. The second-order valence-electron chi connectivity index (χ2n) is 9.71. The van der Waals surface area contributed by atoms with E-state index in [1.165, 1.54) is 0 Å². The smallest absolute Gasteiger partial charge is 0.227 e. The molecule has 0 aliphatic rings. The van der Waals surface area contributed by atoms with E-state index in [2.05, 4.69) is 11.8 Å². The summed E-state index contributed by atoms with van der Waals surface area (Å²) >= 11 is 0. The molecule has 0 fully saturated rings. The highest BCUT2D eigenvalue weighted by Crippen LogP contribution is 2.32. The van der Waals surface area contributed by atoms with Gasteiger partial charge >= 0.3 is 0 Å². The van der Waals surface area contributed by atoms with Crippen LogP contribution in [0.2, 0.25) is 0 Å². The molecular formula is C28H39N3O4. The van der Waals surface area contributed by atoms with Gasteiger partial charge in [-0.3, -0.25) is 4.90 Å². The molecule has 35 heavy (non-hydrogen) atoms. The number of ether oxygens (including phenoxy) is 3. The molecule has 1 aromatic heterocycles. The highest BCUT2D eigenvalue weighted by atomic mass is 16.5. The van der Waals surface area contributed by atoms with Crippen LogP contribution in [-0.2, 0) is 11.3 Å². The van der Waals surface area contributed by atoms with Crippen molar-refractivity contribution in [2.75, 3.05) is 26.8 Å². The molecule has 0 saturated carbocycles. The number of benzene rings is 2. The maximum Gasteiger partial charge on any atom is 0.227 e. The van der Waals surface area contributed by atoms with Crippen molar-refractivity contribution in [2.45, 2.75) is 59.3 Å². The first-order valence-electron chi connectivity index (χ1n) is 12.2. The van der Waals surface area contributed by atoms with Crippen molar-refractivity contribution in [1.82, 2.24) is 14.7 Å². The van der Waals surface area contributed by atoms with E-state index in [1.54, 1.807) is 7.11 Å². The Morgan fingerprint density at radius 2 is 1.69 bits per heavy atom. The first-order chi connectivity index (χ1) is 16.7. The topological polar surface area (TPSA) is 69.0 Å². The zero-order valence-electron chi connectivity index (χ0n) is 21.8. The molecule has 7 heteroatoms. The number of hydrogen-bond donors (Lipinski definition) is 1. The zero-order valence-corrected chi connectivity index (χ0v) is 21.8. The first kappa shape index (κ1) is 26.7. The molecule has 3 rings (SSSR count). The Bertz CT molecular complexity index is 1040. The summed E-state index contributed by atoms with van der Waals surface area (Å²) in [6, 6.07) is 17.5. The van der Waals surface area contributed by atoms with Gasteiger partial charge in [0.05, 0.1) is 42.4 Å². The average molecular weight is 482 g/mol. The fraction of sp³-hybridized carbons (Fsp3) is 0.464. The maximum absolute atomic E-state index is 10.7. The number of rotatable bonds is 12. The molecule has 0 amide bonds. The summed E-state index contributed by atoms with van der Waals surface area (Å²) in [6.07, 6.45) is 0.379. The van der Waals surface area contributed by atoms with Crippen molar-refractivity contribution in [3.05, 3.63) is 65.9 Å². The second kappa shape index (κ2) is 12.2. The second-order valence-corrected chi connectivity index (χ2v) is 9.71. The minimum absolute atomic E-state index is 0.288. The number of aromatic nitrogens is 2. The predicted molar refractivity (Wildman–Crippen MR) is 139 cm³/mol. The molecule has 190 valence electrons. The third-order valence-corrected chi connectivity index (χ3v) is 5.51. The molecule has 2 aromatic carbocycles. The van der Waals surface area contributed by atoms with Crippen LogP contribution < -0.4 is 9.47 Å². The van der Waals surface area contributed by atoms with Crippen molar-refractivity contribution in [2.24, 2.45) is 0 Å². The Labute approximate surface area is 209 Å². The van der Waals surface area contributed by atoms with Gasteiger partial charge in [-0.15, -0.1) is 0 Å². The van der Waals surface area contributed by atoms with E-state index >= 15 is 0 Å². The summed E-state index contributed by atoms with van der Waals surface area (Å²) in [5.74, 6) is 2.14. The SMILES string of the molecule is CCCN(Cc1c(C)nn(-c2ccccc2)c1Oc1ccc(OC)cc1)C[C@@H](O)COC(C)(C)C. The van der Waals surface area contributed by atoms with Crippen molar-refractivity contribution in [3.8, 4) is 23.1 Å². The summed E-state index contributed by atoms with van der Waals surface area (Å²) in [4.78, 5) is 2.23. The lowest BCUT2D eigenvalue weighted by atomic mass is 10.2. The number of para-hydroxylation sites is 1. The van der Waals surface area contributed by atoms with Crippen LogP contribution in [0.5, 0.6) is 17.4 Å². The van der Waals surface area contributed by atoms with Crippen LogP contribution in [-0.4, -0.2) is 58.3 Å². The lowest BCUT2D eigenvalue weighted by molar-refractivity contribution is -0.0567. The van der Waals surface area contributed by atoms with Crippen LogP contribution >= 0.6 is 0 Å². The van der Waals surface area contributed by atoms with E-state index in [0.29, 0.717) is 31.3 Å². The molecule has 7 nitrogen and oxygen atoms in total. The van der Waals surface area contributed by atoms with Crippen LogP contribution in [0, 0.1) is 6.92 Å². The normalized spacial score (nSPS) is 12.7.